The average molecular weight is 413 g/mol. The molecule has 0 aromatic heterocycles. The molecular formula is C26H40N2O2. The van der Waals surface area contributed by atoms with Gasteiger partial charge in [-0.2, -0.15) is 0 Å². The number of aryl methyl sites for hydroxylation is 1. The quantitative estimate of drug-likeness (QED) is 0.434. The molecule has 0 saturated heterocycles. The van der Waals surface area contributed by atoms with Gasteiger partial charge in [0.15, 0.2) is 0 Å². The molecule has 0 N–H and O–H groups in total. The Morgan fingerprint density at radius 1 is 1.23 bits per heavy atom. The molecule has 4 nitrogen and oxygen atoms in total. The van der Waals surface area contributed by atoms with E-state index < -0.39 is 5.60 Å². The largest absolute Gasteiger partial charge is 0.443 e. The lowest BCUT2D eigenvalue weighted by Gasteiger charge is -2.34. The standard InChI is InChI=1S/C26H40N2O2/c1-8-10-12-20(4)27-23-17-22(15-14-21(23)11-9-2)24-16-13-19(3)18-28(24)25(29)30-26(5,6)7/h14-17,19H,8-13,18H2,1-7H3/b27-20+. The van der Waals surface area contributed by atoms with E-state index in [0.717, 1.165) is 49.1 Å². The summed E-state index contributed by atoms with van der Waals surface area (Å²) >= 11 is 0. The first-order chi connectivity index (χ1) is 14.1. The highest BCUT2D eigenvalue weighted by Gasteiger charge is 2.29. The van der Waals surface area contributed by atoms with Crippen LogP contribution in [0.5, 0.6) is 0 Å². The van der Waals surface area contributed by atoms with Crippen molar-refractivity contribution in [2.45, 2.75) is 92.6 Å². The Kier molecular flexibility index (Phi) is 8.69. The van der Waals surface area contributed by atoms with Gasteiger partial charge < -0.3 is 4.74 Å². The Balaban J connectivity index is 2.41. The Bertz CT molecular complexity index is 787. The van der Waals surface area contributed by atoms with Crippen molar-refractivity contribution in [3.63, 3.8) is 0 Å². The SMILES string of the molecule is CCCC/C(C)=N/c1cc(C2=CCC(C)CN2C(=O)OC(C)(C)C)ccc1CCC. The summed E-state index contributed by atoms with van der Waals surface area (Å²) in [6.45, 7) is 15.1. The molecule has 1 heterocycles. The maximum atomic E-state index is 12.9. The van der Waals surface area contributed by atoms with Crippen molar-refractivity contribution in [1.82, 2.24) is 4.90 Å². The number of aliphatic imine (C=N–C) groups is 1. The predicted molar refractivity (Wildman–Crippen MR) is 127 cm³/mol. The number of hydrogen-bond acceptors (Lipinski definition) is 3. The molecule has 0 fully saturated rings. The van der Waals surface area contributed by atoms with Crippen LogP contribution in [0.2, 0.25) is 0 Å². The van der Waals surface area contributed by atoms with Crippen LogP contribution in [-0.2, 0) is 11.2 Å². The molecule has 1 aromatic rings. The molecule has 0 spiro atoms. The predicted octanol–water partition coefficient (Wildman–Crippen LogP) is 7.54. The Morgan fingerprint density at radius 3 is 2.60 bits per heavy atom. The zero-order valence-corrected chi connectivity index (χ0v) is 20.0. The van der Waals surface area contributed by atoms with E-state index in [1.165, 1.54) is 17.7 Å². The molecular weight excluding hydrogens is 372 g/mol. The van der Waals surface area contributed by atoms with Gasteiger partial charge in [0.1, 0.15) is 5.60 Å². The molecule has 0 saturated carbocycles. The molecule has 1 atom stereocenters. The van der Waals surface area contributed by atoms with Gasteiger partial charge in [0.25, 0.3) is 0 Å². The van der Waals surface area contributed by atoms with Gasteiger partial charge in [-0.25, -0.2) is 4.79 Å². The first-order valence-electron chi connectivity index (χ1n) is 11.5. The number of hydrogen-bond donors (Lipinski definition) is 0. The van der Waals surface area contributed by atoms with Crippen molar-refractivity contribution in [3.8, 4) is 0 Å². The molecule has 0 radical (unpaired) electrons. The number of benzene rings is 1. The number of rotatable bonds is 7. The smallest absolute Gasteiger partial charge is 0.414 e. The van der Waals surface area contributed by atoms with E-state index in [4.69, 9.17) is 9.73 Å². The highest BCUT2D eigenvalue weighted by Crippen LogP contribution is 2.33. The van der Waals surface area contributed by atoms with Gasteiger partial charge in [-0.3, -0.25) is 9.89 Å². The number of unbranched alkanes of at least 4 members (excludes halogenated alkanes) is 1. The Morgan fingerprint density at radius 2 is 1.97 bits per heavy atom. The fourth-order valence-electron chi connectivity index (χ4n) is 3.67. The monoisotopic (exact) mass is 412 g/mol. The molecule has 0 bridgehead atoms. The summed E-state index contributed by atoms with van der Waals surface area (Å²) in [6.07, 6.45) is 8.30. The first kappa shape index (κ1) is 24.2. The van der Waals surface area contributed by atoms with Gasteiger partial charge in [-0.15, -0.1) is 0 Å². The third kappa shape index (κ3) is 7.00. The van der Waals surface area contributed by atoms with Gasteiger partial charge >= 0.3 is 6.09 Å². The molecule has 30 heavy (non-hydrogen) atoms. The summed E-state index contributed by atoms with van der Waals surface area (Å²) in [7, 11) is 0. The van der Waals surface area contributed by atoms with Crippen molar-refractivity contribution in [2.24, 2.45) is 10.9 Å². The van der Waals surface area contributed by atoms with E-state index in [9.17, 15) is 4.79 Å². The molecule has 1 unspecified atom stereocenters. The topological polar surface area (TPSA) is 41.9 Å². The fraction of sp³-hybridized carbons (Fsp3) is 0.615. The molecule has 4 heteroatoms. The maximum absolute atomic E-state index is 12.9. The summed E-state index contributed by atoms with van der Waals surface area (Å²) in [6, 6.07) is 6.46. The summed E-state index contributed by atoms with van der Waals surface area (Å²) in [4.78, 5) is 19.7. The minimum absolute atomic E-state index is 0.276. The third-order valence-electron chi connectivity index (χ3n) is 5.22. The lowest BCUT2D eigenvalue weighted by atomic mass is 9.96. The van der Waals surface area contributed by atoms with E-state index in [0.29, 0.717) is 12.5 Å². The lowest BCUT2D eigenvalue weighted by molar-refractivity contribution is 0.0327. The van der Waals surface area contributed by atoms with Crippen LogP contribution >= 0.6 is 0 Å². The van der Waals surface area contributed by atoms with Crippen molar-refractivity contribution in [1.29, 1.82) is 0 Å². The second-order valence-corrected chi connectivity index (χ2v) is 9.57. The number of ether oxygens (including phenoxy) is 1. The normalized spacial score (nSPS) is 17.7. The number of carbonyl (C=O) groups excluding carboxylic acids is 1. The van der Waals surface area contributed by atoms with Crippen LogP contribution in [0.4, 0.5) is 10.5 Å². The van der Waals surface area contributed by atoms with Crippen molar-refractivity contribution >= 4 is 23.2 Å². The van der Waals surface area contributed by atoms with Crippen LogP contribution in [0.1, 0.15) is 91.7 Å². The molecule has 1 aliphatic heterocycles. The highest BCUT2D eigenvalue weighted by molar-refractivity contribution is 5.87. The second kappa shape index (κ2) is 10.8. The number of nitrogens with zero attached hydrogens (tertiary/aromatic N) is 2. The molecule has 1 aromatic carbocycles. The summed E-state index contributed by atoms with van der Waals surface area (Å²) in [5.74, 6) is 0.411. The first-order valence-corrected chi connectivity index (χ1v) is 11.5. The number of allylic oxidation sites excluding steroid dienone is 1. The van der Waals surface area contributed by atoms with E-state index in [1.54, 1.807) is 4.90 Å². The van der Waals surface area contributed by atoms with Gasteiger partial charge in [0.2, 0.25) is 0 Å². The highest BCUT2D eigenvalue weighted by atomic mass is 16.6. The van der Waals surface area contributed by atoms with Crippen molar-refractivity contribution < 1.29 is 9.53 Å². The molecule has 1 amide bonds. The van der Waals surface area contributed by atoms with E-state index in [-0.39, 0.29) is 6.09 Å². The minimum Gasteiger partial charge on any atom is -0.443 e. The summed E-state index contributed by atoms with van der Waals surface area (Å²) < 4.78 is 5.70. The average Bonchev–Trinajstić information content (AvgIpc) is 2.66. The zero-order chi connectivity index (χ0) is 22.3. The van der Waals surface area contributed by atoms with Crippen LogP contribution in [0.3, 0.4) is 0 Å². The minimum atomic E-state index is -0.514. The van der Waals surface area contributed by atoms with E-state index >= 15 is 0 Å². The maximum Gasteiger partial charge on any atom is 0.414 e. The third-order valence-corrected chi connectivity index (χ3v) is 5.22. The fourth-order valence-corrected chi connectivity index (χ4v) is 3.67. The van der Waals surface area contributed by atoms with Gasteiger partial charge in [0.05, 0.1) is 11.4 Å². The Labute approximate surface area is 183 Å². The van der Waals surface area contributed by atoms with Gasteiger partial charge in [-0.1, -0.05) is 51.8 Å². The van der Waals surface area contributed by atoms with Crippen molar-refractivity contribution in [3.05, 3.63) is 35.4 Å². The van der Waals surface area contributed by atoms with Crippen LogP contribution in [0.25, 0.3) is 5.70 Å². The Hall–Kier alpha value is -2.10. The number of amides is 1. The second-order valence-electron chi connectivity index (χ2n) is 9.57. The van der Waals surface area contributed by atoms with Gasteiger partial charge in [-0.05, 0) is 70.9 Å². The van der Waals surface area contributed by atoms with E-state index in [2.05, 4.69) is 52.0 Å². The lowest BCUT2D eigenvalue weighted by Crippen LogP contribution is -2.39. The molecule has 1 aliphatic rings. The number of carbonyl (C=O) groups is 1. The molecule has 166 valence electrons. The van der Waals surface area contributed by atoms with Crippen molar-refractivity contribution in [2.75, 3.05) is 6.54 Å². The zero-order valence-electron chi connectivity index (χ0n) is 20.0. The summed E-state index contributed by atoms with van der Waals surface area (Å²) in [5.41, 5.74) is 4.93. The van der Waals surface area contributed by atoms with Gasteiger partial charge in [0, 0.05) is 17.8 Å². The molecule has 0 aliphatic carbocycles. The summed E-state index contributed by atoms with van der Waals surface area (Å²) in [5, 5.41) is 0. The molecule has 2 rings (SSSR count). The van der Waals surface area contributed by atoms with Crippen LogP contribution in [0, 0.1) is 5.92 Å². The van der Waals surface area contributed by atoms with Crippen LogP contribution in [-0.4, -0.2) is 28.9 Å². The van der Waals surface area contributed by atoms with Crippen LogP contribution in [0.15, 0.2) is 29.3 Å². The van der Waals surface area contributed by atoms with Crippen LogP contribution < -0.4 is 0 Å². The van der Waals surface area contributed by atoms with E-state index in [1.807, 2.05) is 20.8 Å².